The molecule has 0 aromatic rings. The minimum absolute atomic E-state index is 0. The van der Waals surface area contributed by atoms with Crippen LogP contribution in [0.4, 0.5) is 0 Å². The molecule has 0 aliphatic carbocycles. The van der Waals surface area contributed by atoms with Gasteiger partial charge in [-0.05, 0) is 0 Å². The smallest absolute Gasteiger partial charge is 0.112 e. The predicted octanol–water partition coefficient (Wildman–Crippen LogP) is -1.90. The van der Waals surface area contributed by atoms with E-state index in [0.29, 0.717) is 0 Å². The lowest BCUT2D eigenvalue weighted by atomic mass is 10.1. The van der Waals surface area contributed by atoms with Gasteiger partial charge in [0.2, 0.25) is 0 Å². The van der Waals surface area contributed by atoms with Crippen molar-refractivity contribution >= 4 is 12.4 Å². The maximum absolute atomic E-state index is 8.43. The summed E-state index contributed by atoms with van der Waals surface area (Å²) in [6.45, 7) is -1.55. The molecule has 0 rings (SSSR count). The molecule has 0 atom stereocenters. The van der Waals surface area contributed by atoms with Gasteiger partial charge in [-0.1, -0.05) is 0 Å². The zero-order valence-electron chi connectivity index (χ0n) is 5.32. The Morgan fingerprint density at radius 3 is 1.30 bits per heavy atom. The molecule has 0 aliphatic heterocycles. The van der Waals surface area contributed by atoms with Gasteiger partial charge in [0.25, 0.3) is 0 Å². The first-order chi connectivity index (χ1) is 4.24. The Bertz CT molecular complexity index is 60.1. The van der Waals surface area contributed by atoms with E-state index in [1.807, 2.05) is 0 Å². The van der Waals surface area contributed by atoms with Crippen LogP contribution < -0.4 is 5.48 Å². The van der Waals surface area contributed by atoms with Gasteiger partial charge >= 0.3 is 0 Å². The van der Waals surface area contributed by atoms with Crippen molar-refractivity contribution in [2.24, 2.45) is 0 Å². The maximum atomic E-state index is 8.43. The molecule has 0 unspecified atom stereocenters. The van der Waals surface area contributed by atoms with Gasteiger partial charge in [0.1, 0.15) is 5.54 Å². The minimum Gasteiger partial charge on any atom is -0.394 e. The first-order valence-corrected chi connectivity index (χ1v) is 2.48. The molecule has 0 spiro atoms. The van der Waals surface area contributed by atoms with E-state index in [1.165, 1.54) is 0 Å². The van der Waals surface area contributed by atoms with Crippen molar-refractivity contribution < 1.29 is 20.5 Å². The fourth-order valence-corrected chi connectivity index (χ4v) is 0.256. The Morgan fingerprint density at radius 2 is 1.30 bits per heavy atom. The van der Waals surface area contributed by atoms with Crippen LogP contribution in [0.3, 0.4) is 0 Å². The maximum Gasteiger partial charge on any atom is 0.112 e. The highest BCUT2D eigenvalue weighted by atomic mass is 35.5. The summed E-state index contributed by atoms with van der Waals surface area (Å²) in [7, 11) is 0. The molecule has 0 aromatic heterocycles. The normalized spacial score (nSPS) is 10.8. The van der Waals surface area contributed by atoms with Crippen LogP contribution >= 0.6 is 12.4 Å². The van der Waals surface area contributed by atoms with E-state index < -0.39 is 25.4 Å². The molecule has 64 valence electrons. The van der Waals surface area contributed by atoms with Crippen molar-refractivity contribution in [2.45, 2.75) is 5.54 Å². The monoisotopic (exact) mass is 173 g/mol. The largest absolute Gasteiger partial charge is 0.394 e. The van der Waals surface area contributed by atoms with Crippen molar-refractivity contribution in [3.8, 4) is 0 Å². The molecule has 0 aliphatic rings. The van der Waals surface area contributed by atoms with Crippen molar-refractivity contribution in [1.82, 2.24) is 5.48 Å². The third kappa shape index (κ3) is 2.78. The second-order valence-electron chi connectivity index (χ2n) is 1.87. The number of hydrogen-bond donors (Lipinski definition) is 5. The number of aliphatic hydroxyl groups excluding tert-OH is 3. The van der Waals surface area contributed by atoms with E-state index >= 15 is 0 Å². The molecule has 0 fully saturated rings. The summed E-state index contributed by atoms with van der Waals surface area (Å²) >= 11 is 0. The lowest BCUT2D eigenvalue weighted by molar-refractivity contribution is -0.0408. The molecule has 0 aromatic carbocycles. The van der Waals surface area contributed by atoms with Crippen LogP contribution in [0.1, 0.15) is 0 Å². The molecule has 0 bridgehead atoms. The Hall–Kier alpha value is 0.0900. The molecule has 10 heavy (non-hydrogen) atoms. The Kier molecular flexibility index (Phi) is 7.44. The fourth-order valence-electron chi connectivity index (χ4n) is 0.256. The van der Waals surface area contributed by atoms with E-state index in [0.717, 1.165) is 0 Å². The van der Waals surface area contributed by atoms with Gasteiger partial charge < -0.3 is 20.5 Å². The molecule has 0 heterocycles. The molecule has 0 radical (unpaired) electrons. The van der Waals surface area contributed by atoms with Crippen LogP contribution in [0.15, 0.2) is 0 Å². The van der Waals surface area contributed by atoms with E-state index in [-0.39, 0.29) is 12.4 Å². The van der Waals surface area contributed by atoms with Crippen molar-refractivity contribution in [3.63, 3.8) is 0 Å². The number of aliphatic hydroxyl groups is 3. The quantitative estimate of drug-likeness (QED) is 0.321. The SMILES string of the molecule is Cl.OCC(CO)(CO)NO. The number of rotatable bonds is 4. The summed E-state index contributed by atoms with van der Waals surface area (Å²) in [6, 6.07) is 0. The average molecular weight is 174 g/mol. The standard InChI is InChI=1S/C4H11NO4.ClH/c6-1-4(2-7,3-8)5-9;/h5-9H,1-3H2;1H. The number of hydrogen-bond acceptors (Lipinski definition) is 5. The van der Waals surface area contributed by atoms with Crippen LogP contribution in [0.2, 0.25) is 0 Å². The number of halogens is 1. The van der Waals surface area contributed by atoms with Crippen LogP contribution in [-0.4, -0.2) is 45.9 Å². The van der Waals surface area contributed by atoms with Crippen molar-refractivity contribution in [1.29, 1.82) is 0 Å². The molecule has 0 saturated carbocycles. The van der Waals surface area contributed by atoms with Gasteiger partial charge in [0.05, 0.1) is 19.8 Å². The molecule has 6 heteroatoms. The van der Waals surface area contributed by atoms with Crippen LogP contribution in [0.25, 0.3) is 0 Å². The molecule has 5 N–H and O–H groups in total. The summed E-state index contributed by atoms with van der Waals surface area (Å²) in [5.41, 5.74) is 0.253. The first kappa shape index (κ1) is 12.7. The topological polar surface area (TPSA) is 93.0 Å². The Labute approximate surface area is 64.7 Å². The molecular formula is C4H12ClNO4. The first-order valence-electron chi connectivity index (χ1n) is 2.48. The summed E-state index contributed by atoms with van der Waals surface area (Å²) < 4.78 is 0. The third-order valence-corrected chi connectivity index (χ3v) is 1.15. The predicted molar refractivity (Wildman–Crippen MR) is 36.2 cm³/mol. The van der Waals surface area contributed by atoms with E-state index in [2.05, 4.69) is 0 Å². The van der Waals surface area contributed by atoms with Gasteiger partial charge in [0, 0.05) is 0 Å². The third-order valence-electron chi connectivity index (χ3n) is 1.15. The molecule has 0 amide bonds. The van der Waals surface area contributed by atoms with Gasteiger partial charge in [-0.15, -0.1) is 12.4 Å². The fraction of sp³-hybridized carbons (Fsp3) is 1.00. The highest BCUT2D eigenvalue weighted by Gasteiger charge is 2.26. The van der Waals surface area contributed by atoms with E-state index in [4.69, 9.17) is 20.5 Å². The van der Waals surface area contributed by atoms with Gasteiger partial charge in [-0.3, -0.25) is 0 Å². The Morgan fingerprint density at radius 1 is 1.00 bits per heavy atom. The number of nitrogens with one attached hydrogen (secondary N) is 1. The molecular weight excluding hydrogens is 162 g/mol. The second kappa shape index (κ2) is 5.84. The van der Waals surface area contributed by atoms with Gasteiger partial charge in [-0.2, -0.15) is 5.48 Å². The van der Waals surface area contributed by atoms with Crippen LogP contribution in [-0.2, 0) is 0 Å². The summed E-state index contributed by atoms with van der Waals surface area (Å²) in [6.07, 6.45) is 0. The molecule has 0 saturated heterocycles. The number of hydroxylamine groups is 1. The summed E-state index contributed by atoms with van der Waals surface area (Å²) in [5, 5.41) is 33.5. The lowest BCUT2D eigenvalue weighted by Gasteiger charge is -2.24. The summed E-state index contributed by atoms with van der Waals surface area (Å²) in [5.74, 6) is 0. The highest BCUT2D eigenvalue weighted by Crippen LogP contribution is 1.98. The zero-order chi connectivity index (χ0) is 7.33. The van der Waals surface area contributed by atoms with E-state index in [9.17, 15) is 0 Å². The summed E-state index contributed by atoms with van der Waals surface area (Å²) in [4.78, 5) is 0. The molecule has 5 nitrogen and oxygen atoms in total. The van der Waals surface area contributed by atoms with Crippen LogP contribution in [0, 0.1) is 0 Å². The minimum atomic E-state index is -1.36. The van der Waals surface area contributed by atoms with E-state index in [1.54, 1.807) is 5.48 Å². The van der Waals surface area contributed by atoms with Crippen molar-refractivity contribution in [2.75, 3.05) is 19.8 Å². The zero-order valence-corrected chi connectivity index (χ0v) is 6.13. The Balaban J connectivity index is 0. The van der Waals surface area contributed by atoms with Gasteiger partial charge in [-0.25, -0.2) is 0 Å². The lowest BCUT2D eigenvalue weighted by Crippen LogP contribution is -2.53. The average Bonchev–Trinajstić information content (AvgIpc) is 1.95. The highest BCUT2D eigenvalue weighted by molar-refractivity contribution is 5.85. The van der Waals surface area contributed by atoms with Gasteiger partial charge in [0.15, 0.2) is 0 Å². The van der Waals surface area contributed by atoms with Crippen molar-refractivity contribution in [3.05, 3.63) is 0 Å². The van der Waals surface area contributed by atoms with Crippen LogP contribution in [0.5, 0.6) is 0 Å². The second-order valence-corrected chi connectivity index (χ2v) is 1.87.